The minimum Gasteiger partial charge on any atom is -0.267 e. The van der Waals surface area contributed by atoms with Gasteiger partial charge in [-0.15, -0.1) is 0 Å². The fraction of sp³-hybridized carbons (Fsp3) is 0.0435. The van der Waals surface area contributed by atoms with Crippen molar-refractivity contribution >= 4 is 28.7 Å². The van der Waals surface area contributed by atoms with Crippen molar-refractivity contribution in [2.45, 2.75) is 6.92 Å². The Morgan fingerprint density at radius 3 is 2.65 bits per heavy atom. The second-order valence-electron chi connectivity index (χ2n) is 6.79. The standard InChI is InChI=1S/C23H17N5O3/c1-15-9-10-16(12-22(15)28(30)31)14-25-27-23(29)18-13-21(20-8-4-5-11-24-20)26-19-7-3-2-6-17(18)19/h2-14H,1H3,(H,27,29)/b25-14-. The van der Waals surface area contributed by atoms with Gasteiger partial charge in [0, 0.05) is 28.8 Å². The maximum absolute atomic E-state index is 12.9. The second-order valence-corrected chi connectivity index (χ2v) is 6.79. The zero-order chi connectivity index (χ0) is 21.8. The lowest BCUT2D eigenvalue weighted by molar-refractivity contribution is -0.385. The lowest BCUT2D eigenvalue weighted by Crippen LogP contribution is -2.18. The Balaban J connectivity index is 1.64. The number of aromatic nitrogens is 2. The van der Waals surface area contributed by atoms with Crippen LogP contribution in [0.4, 0.5) is 5.69 Å². The second kappa shape index (κ2) is 8.50. The molecule has 4 rings (SSSR count). The summed E-state index contributed by atoms with van der Waals surface area (Å²) < 4.78 is 0. The van der Waals surface area contributed by atoms with Crippen LogP contribution in [0.15, 0.2) is 78.0 Å². The minimum atomic E-state index is -0.451. The van der Waals surface area contributed by atoms with Crippen LogP contribution in [0.3, 0.4) is 0 Å². The highest BCUT2D eigenvalue weighted by molar-refractivity contribution is 6.07. The lowest BCUT2D eigenvalue weighted by atomic mass is 10.1. The summed E-state index contributed by atoms with van der Waals surface area (Å²) in [6, 6.07) is 19.2. The molecular weight excluding hydrogens is 394 g/mol. The van der Waals surface area contributed by atoms with Gasteiger partial charge in [-0.05, 0) is 31.2 Å². The Morgan fingerprint density at radius 1 is 1.06 bits per heavy atom. The van der Waals surface area contributed by atoms with Crippen molar-refractivity contribution < 1.29 is 9.72 Å². The van der Waals surface area contributed by atoms with Crippen LogP contribution in [0.25, 0.3) is 22.3 Å². The van der Waals surface area contributed by atoms with Crippen LogP contribution in [0, 0.1) is 17.0 Å². The smallest absolute Gasteiger partial charge is 0.267 e. The van der Waals surface area contributed by atoms with E-state index in [4.69, 9.17) is 0 Å². The summed E-state index contributed by atoms with van der Waals surface area (Å²) in [5.74, 6) is -0.423. The number of nitrogens with one attached hydrogen (secondary N) is 1. The third kappa shape index (κ3) is 4.27. The molecule has 8 heteroatoms. The molecule has 0 fully saturated rings. The Hall–Kier alpha value is -4.46. The minimum absolute atomic E-state index is 0.00425. The first-order valence-corrected chi connectivity index (χ1v) is 9.42. The SMILES string of the molecule is Cc1ccc(/C=N\NC(=O)c2cc(-c3ccccn3)nc3ccccc23)cc1[N+](=O)[O-]. The van der Waals surface area contributed by atoms with Crippen LogP contribution < -0.4 is 5.43 Å². The molecule has 0 saturated carbocycles. The van der Waals surface area contributed by atoms with E-state index in [1.165, 1.54) is 12.3 Å². The molecule has 4 aromatic rings. The van der Waals surface area contributed by atoms with Gasteiger partial charge in [-0.25, -0.2) is 10.4 Å². The molecule has 1 N–H and O–H groups in total. The number of hydrazone groups is 1. The first-order valence-electron chi connectivity index (χ1n) is 9.42. The molecule has 8 nitrogen and oxygen atoms in total. The molecule has 0 spiro atoms. The van der Waals surface area contributed by atoms with Gasteiger partial charge in [-0.2, -0.15) is 5.10 Å². The molecule has 0 aliphatic heterocycles. The van der Waals surface area contributed by atoms with Crippen molar-refractivity contribution in [3.05, 3.63) is 99.7 Å². The number of nitro groups is 1. The van der Waals surface area contributed by atoms with E-state index in [2.05, 4.69) is 20.5 Å². The van der Waals surface area contributed by atoms with Gasteiger partial charge in [0.25, 0.3) is 11.6 Å². The summed E-state index contributed by atoms with van der Waals surface area (Å²) in [6.45, 7) is 1.66. The highest BCUT2D eigenvalue weighted by Gasteiger charge is 2.14. The van der Waals surface area contributed by atoms with E-state index in [1.54, 1.807) is 31.3 Å². The predicted molar refractivity (Wildman–Crippen MR) is 118 cm³/mol. The number of para-hydroxylation sites is 1. The highest BCUT2D eigenvalue weighted by Crippen LogP contribution is 2.23. The molecule has 152 valence electrons. The van der Waals surface area contributed by atoms with Crippen molar-refractivity contribution in [2.75, 3.05) is 0 Å². The van der Waals surface area contributed by atoms with Crippen molar-refractivity contribution in [3.8, 4) is 11.4 Å². The van der Waals surface area contributed by atoms with E-state index in [0.717, 1.165) is 0 Å². The maximum atomic E-state index is 12.9. The number of benzene rings is 2. The number of amides is 1. The van der Waals surface area contributed by atoms with E-state index in [0.29, 0.717) is 39.0 Å². The zero-order valence-corrected chi connectivity index (χ0v) is 16.5. The van der Waals surface area contributed by atoms with Crippen molar-refractivity contribution in [3.63, 3.8) is 0 Å². The zero-order valence-electron chi connectivity index (χ0n) is 16.5. The van der Waals surface area contributed by atoms with Crippen molar-refractivity contribution in [2.24, 2.45) is 5.10 Å². The molecule has 0 atom stereocenters. The number of fused-ring (bicyclic) bond motifs is 1. The lowest BCUT2D eigenvalue weighted by Gasteiger charge is -2.08. The van der Waals surface area contributed by atoms with Crippen LogP contribution in [-0.4, -0.2) is 27.0 Å². The number of aryl methyl sites for hydroxylation is 1. The van der Waals surface area contributed by atoms with Gasteiger partial charge in [-0.3, -0.25) is 19.9 Å². The van der Waals surface area contributed by atoms with Crippen LogP contribution in [0.5, 0.6) is 0 Å². The topological polar surface area (TPSA) is 110 Å². The third-order valence-corrected chi connectivity index (χ3v) is 4.70. The molecule has 2 aromatic carbocycles. The number of pyridine rings is 2. The monoisotopic (exact) mass is 411 g/mol. The van der Waals surface area contributed by atoms with E-state index < -0.39 is 10.8 Å². The Labute approximate surface area is 177 Å². The first kappa shape index (κ1) is 19.8. The van der Waals surface area contributed by atoms with Crippen LogP contribution >= 0.6 is 0 Å². The highest BCUT2D eigenvalue weighted by atomic mass is 16.6. The summed E-state index contributed by atoms with van der Waals surface area (Å²) >= 11 is 0. The largest absolute Gasteiger partial charge is 0.272 e. The molecule has 0 saturated heterocycles. The van der Waals surface area contributed by atoms with Crippen LogP contribution in [-0.2, 0) is 0 Å². The third-order valence-electron chi connectivity index (χ3n) is 4.70. The molecule has 2 heterocycles. The van der Waals surface area contributed by atoms with Crippen LogP contribution in [0.2, 0.25) is 0 Å². The molecule has 1 amide bonds. The van der Waals surface area contributed by atoms with E-state index >= 15 is 0 Å². The molecule has 0 bridgehead atoms. The Bertz CT molecular complexity index is 1320. The summed E-state index contributed by atoms with van der Waals surface area (Å²) in [4.78, 5) is 32.4. The molecule has 2 aromatic heterocycles. The van der Waals surface area contributed by atoms with E-state index in [-0.39, 0.29) is 5.69 Å². The number of rotatable bonds is 5. The quantitative estimate of drug-likeness (QED) is 0.299. The number of carbonyl (C=O) groups is 1. The van der Waals surface area contributed by atoms with Gasteiger partial charge in [0.05, 0.1) is 33.6 Å². The van der Waals surface area contributed by atoms with Gasteiger partial charge < -0.3 is 0 Å². The molecule has 0 unspecified atom stereocenters. The van der Waals surface area contributed by atoms with Crippen molar-refractivity contribution in [1.82, 2.24) is 15.4 Å². The summed E-state index contributed by atoms with van der Waals surface area (Å²) in [7, 11) is 0. The van der Waals surface area contributed by atoms with Crippen LogP contribution in [0.1, 0.15) is 21.5 Å². The summed E-state index contributed by atoms with van der Waals surface area (Å²) in [5, 5.41) is 15.8. The normalized spacial score (nSPS) is 11.0. The van der Waals surface area contributed by atoms with Gasteiger partial charge in [0.2, 0.25) is 0 Å². The van der Waals surface area contributed by atoms with Gasteiger partial charge in [0.1, 0.15) is 0 Å². The number of carbonyl (C=O) groups excluding carboxylic acids is 1. The van der Waals surface area contributed by atoms with Gasteiger partial charge in [-0.1, -0.05) is 36.4 Å². The molecule has 0 aliphatic carbocycles. The number of hydrogen-bond donors (Lipinski definition) is 1. The van der Waals surface area contributed by atoms with E-state index in [9.17, 15) is 14.9 Å². The summed E-state index contributed by atoms with van der Waals surface area (Å²) in [6.07, 6.45) is 3.03. The average Bonchev–Trinajstić information content (AvgIpc) is 2.79. The average molecular weight is 411 g/mol. The molecule has 0 aliphatic rings. The first-order chi connectivity index (χ1) is 15.0. The van der Waals surface area contributed by atoms with Crippen molar-refractivity contribution in [1.29, 1.82) is 0 Å². The van der Waals surface area contributed by atoms with Gasteiger partial charge >= 0.3 is 0 Å². The van der Waals surface area contributed by atoms with E-state index in [1.807, 2.05) is 42.5 Å². The Morgan fingerprint density at radius 2 is 1.87 bits per heavy atom. The number of hydrogen-bond acceptors (Lipinski definition) is 6. The molecule has 0 radical (unpaired) electrons. The number of nitro benzene ring substituents is 1. The predicted octanol–water partition coefficient (Wildman–Crippen LogP) is 4.28. The number of nitrogens with zero attached hydrogens (tertiary/aromatic N) is 4. The fourth-order valence-electron chi connectivity index (χ4n) is 3.14. The fourth-order valence-corrected chi connectivity index (χ4v) is 3.14. The molecule has 31 heavy (non-hydrogen) atoms. The maximum Gasteiger partial charge on any atom is 0.272 e. The molecular formula is C23H17N5O3. The van der Waals surface area contributed by atoms with Gasteiger partial charge in [0.15, 0.2) is 0 Å². The summed E-state index contributed by atoms with van der Waals surface area (Å²) in [5.41, 5.74) is 5.83. The Kier molecular flexibility index (Phi) is 5.44.